The molecule has 0 radical (unpaired) electrons. The van der Waals surface area contributed by atoms with Gasteiger partial charge in [-0.2, -0.15) is 0 Å². The first-order chi connectivity index (χ1) is 10.7. The molecule has 0 saturated heterocycles. The molecule has 1 aliphatic rings. The van der Waals surface area contributed by atoms with Crippen LogP contribution in [0.2, 0.25) is 0 Å². The Labute approximate surface area is 144 Å². The summed E-state index contributed by atoms with van der Waals surface area (Å²) in [7, 11) is 0. The summed E-state index contributed by atoms with van der Waals surface area (Å²) < 4.78 is 0. The first-order valence-electron chi connectivity index (χ1n) is 8.89. The Bertz CT molecular complexity index is 540. The lowest BCUT2D eigenvalue weighted by Gasteiger charge is -2.26. The van der Waals surface area contributed by atoms with Crippen molar-refractivity contribution in [2.24, 2.45) is 5.92 Å². The van der Waals surface area contributed by atoms with Gasteiger partial charge in [-0.3, -0.25) is 0 Å². The third kappa shape index (κ3) is 5.23. The molecule has 0 nitrogen and oxygen atoms in total. The van der Waals surface area contributed by atoms with Gasteiger partial charge in [-0.25, -0.2) is 0 Å². The quantitative estimate of drug-likeness (QED) is 0.535. The summed E-state index contributed by atoms with van der Waals surface area (Å²) in [5, 5.41) is 0. The van der Waals surface area contributed by atoms with Crippen molar-refractivity contribution in [3.63, 3.8) is 0 Å². The molecule has 2 aromatic carbocycles. The van der Waals surface area contributed by atoms with E-state index in [4.69, 9.17) is 0 Å². The van der Waals surface area contributed by atoms with E-state index in [0.29, 0.717) is 0 Å². The normalized spacial score (nSPS) is 20.0. The Morgan fingerprint density at radius 3 is 1.61 bits per heavy atom. The van der Waals surface area contributed by atoms with Crippen LogP contribution < -0.4 is 0 Å². The van der Waals surface area contributed by atoms with Crippen LogP contribution in [0.1, 0.15) is 70.9 Å². The van der Waals surface area contributed by atoms with Crippen molar-refractivity contribution in [3.05, 3.63) is 59.7 Å². The van der Waals surface area contributed by atoms with Crippen LogP contribution in [-0.4, -0.2) is 0 Å². The van der Waals surface area contributed by atoms with Gasteiger partial charge in [0.15, 0.2) is 0 Å². The van der Waals surface area contributed by atoms with Gasteiger partial charge >= 0.3 is 0 Å². The van der Waals surface area contributed by atoms with Crippen molar-refractivity contribution in [1.82, 2.24) is 0 Å². The second-order valence-corrected chi connectivity index (χ2v) is 6.44. The fourth-order valence-electron chi connectivity index (χ4n) is 3.29. The molecule has 0 spiro atoms. The van der Waals surface area contributed by atoms with E-state index in [-0.39, 0.29) is 7.43 Å². The molecule has 0 unspecified atom stereocenters. The number of hydrogen-bond donors (Lipinski definition) is 0. The minimum absolute atomic E-state index is 0. The van der Waals surface area contributed by atoms with Gasteiger partial charge in [-0.05, 0) is 48.3 Å². The lowest BCUT2D eigenvalue weighted by Crippen LogP contribution is -2.10. The monoisotopic (exact) mass is 310 g/mol. The molecule has 0 N–H and O–H groups in total. The number of aryl methyl sites for hydroxylation is 1. The number of benzene rings is 2. The maximum Gasteiger partial charge on any atom is -0.0162 e. The summed E-state index contributed by atoms with van der Waals surface area (Å²) in [5.41, 5.74) is 5.51. The minimum Gasteiger partial charge on any atom is -0.0776 e. The SMILES string of the molecule is C.CC.Cc1ccc(-c2ccc(C3CCC(C)CC3)cc2)cc1. The zero-order valence-electron chi connectivity index (χ0n) is 14.6. The second-order valence-electron chi connectivity index (χ2n) is 6.44. The van der Waals surface area contributed by atoms with E-state index < -0.39 is 0 Å². The lowest BCUT2D eigenvalue weighted by molar-refractivity contribution is 0.348. The van der Waals surface area contributed by atoms with Crippen molar-refractivity contribution in [3.8, 4) is 11.1 Å². The molecule has 1 saturated carbocycles. The van der Waals surface area contributed by atoms with Crippen LogP contribution in [0.25, 0.3) is 11.1 Å². The highest BCUT2D eigenvalue weighted by Crippen LogP contribution is 2.36. The molecule has 0 heterocycles. The average Bonchev–Trinajstić information content (AvgIpc) is 2.58. The summed E-state index contributed by atoms with van der Waals surface area (Å²) in [6, 6.07) is 18.1. The third-order valence-electron chi connectivity index (χ3n) is 4.78. The van der Waals surface area contributed by atoms with Crippen molar-refractivity contribution >= 4 is 0 Å². The summed E-state index contributed by atoms with van der Waals surface area (Å²) >= 11 is 0. The molecule has 0 atom stereocenters. The molecule has 3 rings (SSSR count). The Hall–Kier alpha value is -1.56. The van der Waals surface area contributed by atoms with Crippen molar-refractivity contribution in [2.75, 3.05) is 0 Å². The maximum atomic E-state index is 2.39. The third-order valence-corrected chi connectivity index (χ3v) is 4.78. The van der Waals surface area contributed by atoms with Gasteiger partial charge in [0.1, 0.15) is 0 Å². The zero-order valence-corrected chi connectivity index (χ0v) is 14.6. The average molecular weight is 311 g/mol. The molecule has 126 valence electrons. The van der Waals surface area contributed by atoms with E-state index in [1.54, 1.807) is 0 Å². The van der Waals surface area contributed by atoms with E-state index in [1.807, 2.05) is 13.8 Å². The molecule has 2 aromatic rings. The molecule has 0 aromatic heterocycles. The van der Waals surface area contributed by atoms with Gasteiger partial charge in [-0.1, -0.05) is 95.1 Å². The topological polar surface area (TPSA) is 0 Å². The van der Waals surface area contributed by atoms with Crippen molar-refractivity contribution in [1.29, 1.82) is 0 Å². The summed E-state index contributed by atoms with van der Waals surface area (Å²) in [4.78, 5) is 0. The molecule has 1 aliphatic carbocycles. The fourth-order valence-corrected chi connectivity index (χ4v) is 3.29. The second kappa shape index (κ2) is 9.55. The largest absolute Gasteiger partial charge is 0.0776 e. The first kappa shape index (κ1) is 19.5. The summed E-state index contributed by atoms with van der Waals surface area (Å²) in [6.45, 7) is 8.52. The van der Waals surface area contributed by atoms with Crippen LogP contribution in [0, 0.1) is 12.8 Å². The van der Waals surface area contributed by atoms with Gasteiger partial charge in [0.05, 0.1) is 0 Å². The summed E-state index contributed by atoms with van der Waals surface area (Å²) in [6.07, 6.45) is 5.52. The molecule has 23 heavy (non-hydrogen) atoms. The Kier molecular flexibility index (Phi) is 8.09. The molecule has 0 heteroatoms. The van der Waals surface area contributed by atoms with Crippen LogP contribution in [0.3, 0.4) is 0 Å². The minimum atomic E-state index is 0. The Morgan fingerprint density at radius 1 is 0.696 bits per heavy atom. The molecule has 0 aliphatic heterocycles. The highest BCUT2D eigenvalue weighted by Gasteiger charge is 2.19. The highest BCUT2D eigenvalue weighted by molar-refractivity contribution is 5.64. The van der Waals surface area contributed by atoms with Crippen LogP contribution in [0.4, 0.5) is 0 Å². The number of hydrogen-bond acceptors (Lipinski definition) is 0. The van der Waals surface area contributed by atoms with Gasteiger partial charge in [-0.15, -0.1) is 0 Å². The van der Waals surface area contributed by atoms with Crippen LogP contribution in [0.5, 0.6) is 0 Å². The van der Waals surface area contributed by atoms with E-state index in [1.165, 1.54) is 47.9 Å². The number of rotatable bonds is 2. The van der Waals surface area contributed by atoms with Crippen molar-refractivity contribution < 1.29 is 0 Å². The zero-order chi connectivity index (χ0) is 15.9. The Balaban J connectivity index is 0.000000849. The van der Waals surface area contributed by atoms with Crippen LogP contribution >= 0.6 is 0 Å². The predicted molar refractivity (Wildman–Crippen MR) is 105 cm³/mol. The summed E-state index contributed by atoms with van der Waals surface area (Å²) in [5.74, 6) is 1.72. The highest BCUT2D eigenvalue weighted by atomic mass is 14.2. The van der Waals surface area contributed by atoms with E-state index >= 15 is 0 Å². The lowest BCUT2D eigenvalue weighted by atomic mass is 9.79. The van der Waals surface area contributed by atoms with Gasteiger partial charge in [0.2, 0.25) is 0 Å². The van der Waals surface area contributed by atoms with E-state index in [2.05, 4.69) is 62.4 Å². The molecule has 0 amide bonds. The molecular weight excluding hydrogens is 276 g/mol. The smallest absolute Gasteiger partial charge is 0.0162 e. The van der Waals surface area contributed by atoms with Crippen molar-refractivity contribution in [2.45, 2.75) is 66.7 Å². The molecule has 1 fully saturated rings. The molecule has 0 bridgehead atoms. The van der Waals surface area contributed by atoms with Gasteiger partial charge in [0, 0.05) is 0 Å². The fraction of sp³-hybridized carbons (Fsp3) is 0.478. The van der Waals surface area contributed by atoms with Gasteiger partial charge in [0.25, 0.3) is 0 Å². The molecular formula is C23H34. The van der Waals surface area contributed by atoms with E-state index in [9.17, 15) is 0 Å². The van der Waals surface area contributed by atoms with Gasteiger partial charge < -0.3 is 0 Å². The maximum absolute atomic E-state index is 2.39. The predicted octanol–water partition coefficient (Wildman–Crippen LogP) is 7.62. The Morgan fingerprint density at radius 2 is 1.13 bits per heavy atom. The van der Waals surface area contributed by atoms with E-state index in [0.717, 1.165) is 11.8 Å². The van der Waals surface area contributed by atoms with Crippen LogP contribution in [0.15, 0.2) is 48.5 Å². The first-order valence-corrected chi connectivity index (χ1v) is 8.89. The standard InChI is InChI=1S/C20H24.C2H6.CH4/c1-15-3-7-17(8-4-15)19-11-13-20(14-12-19)18-9-5-16(2)6-10-18;1-2;/h3-4,7-8,11-14,16,18H,5-6,9-10H2,1-2H3;1-2H3;1H4. The van der Waals surface area contributed by atoms with Crippen LogP contribution in [-0.2, 0) is 0 Å².